The molecular weight excluding hydrogens is 330 g/mol. The number of ether oxygens (including phenoxy) is 1. The Labute approximate surface area is 147 Å². The van der Waals surface area contributed by atoms with Crippen molar-refractivity contribution in [3.05, 3.63) is 0 Å². The summed E-state index contributed by atoms with van der Waals surface area (Å²) in [6, 6.07) is -0.118. The Morgan fingerprint density at radius 2 is 1.75 bits per heavy atom. The minimum absolute atomic E-state index is 0.118. The van der Waals surface area contributed by atoms with Crippen LogP contribution < -0.4 is 15.2 Å². The van der Waals surface area contributed by atoms with Gasteiger partial charge in [0.15, 0.2) is 0 Å². The van der Waals surface area contributed by atoms with Gasteiger partial charge < -0.3 is 15.6 Å². The molecule has 1 heterocycles. The lowest BCUT2D eigenvalue weighted by molar-refractivity contribution is -0.152. The maximum absolute atomic E-state index is 12.2. The number of aliphatic hydroxyl groups excluding tert-OH is 1. The van der Waals surface area contributed by atoms with Crippen LogP contribution in [0.25, 0.3) is 0 Å². The number of carbonyl (C=O) groups excluding carboxylic acids is 2. The third-order valence-electron chi connectivity index (χ3n) is 4.67. The predicted molar refractivity (Wildman–Crippen MR) is 92.9 cm³/mol. The van der Waals surface area contributed by atoms with Crippen LogP contribution in [0.4, 0.5) is 0 Å². The van der Waals surface area contributed by atoms with Gasteiger partial charge in [0.1, 0.15) is 6.10 Å². The van der Waals surface area contributed by atoms with Crippen LogP contribution in [-0.2, 0) is 14.3 Å². The zero-order valence-electron chi connectivity index (χ0n) is 14.0. The number of aliphatic hydroxyl groups is 1. The Hall–Kier alpha value is -0.510. The first kappa shape index (κ1) is 19.8. The lowest BCUT2D eigenvalue weighted by Gasteiger charge is -2.42. The van der Waals surface area contributed by atoms with Crippen molar-refractivity contribution < 1.29 is 19.4 Å². The highest BCUT2D eigenvalue weighted by Crippen LogP contribution is 2.29. The number of ketones is 2. The summed E-state index contributed by atoms with van der Waals surface area (Å²) in [5.74, 6) is -1.02. The zero-order chi connectivity index (χ0) is 17.4. The molecular formula is C16H29N3O4S. The van der Waals surface area contributed by atoms with Crippen LogP contribution in [0.15, 0.2) is 0 Å². The van der Waals surface area contributed by atoms with Gasteiger partial charge in [-0.15, -0.1) is 0 Å². The molecule has 5 N–H and O–H groups in total. The fourth-order valence-corrected chi connectivity index (χ4v) is 4.04. The largest absolute Gasteiger partial charge is 0.396 e. The number of hydrogen-bond acceptors (Lipinski definition) is 8. The topological polar surface area (TPSA) is 114 Å². The third kappa shape index (κ3) is 5.50. The molecule has 4 unspecified atom stereocenters. The molecule has 24 heavy (non-hydrogen) atoms. The average Bonchev–Trinajstić information content (AvgIpc) is 2.56. The van der Waals surface area contributed by atoms with Gasteiger partial charge in [0.2, 0.25) is 11.6 Å². The SMILES string of the molecule is NC1NSNC2CC(=O)C(=O)C(OCCCCCCCCCO)C12. The summed E-state index contributed by atoms with van der Waals surface area (Å²) in [6.45, 7) is 0.748. The van der Waals surface area contributed by atoms with Gasteiger partial charge >= 0.3 is 0 Å². The van der Waals surface area contributed by atoms with E-state index in [0.29, 0.717) is 6.61 Å². The molecule has 0 aromatic carbocycles. The lowest BCUT2D eigenvalue weighted by atomic mass is 9.79. The zero-order valence-corrected chi connectivity index (χ0v) is 14.9. The Kier molecular flexibility index (Phi) is 8.65. The number of hydrogen-bond donors (Lipinski definition) is 4. The number of fused-ring (bicyclic) bond motifs is 1. The van der Waals surface area contributed by atoms with E-state index < -0.39 is 11.9 Å². The Morgan fingerprint density at radius 3 is 2.46 bits per heavy atom. The van der Waals surface area contributed by atoms with Gasteiger partial charge in [-0.25, -0.2) is 9.44 Å². The van der Waals surface area contributed by atoms with Crippen LogP contribution in [0.5, 0.6) is 0 Å². The molecule has 0 radical (unpaired) electrons. The fourth-order valence-electron chi connectivity index (χ4n) is 3.29. The second kappa shape index (κ2) is 10.5. The summed E-state index contributed by atoms with van der Waals surface area (Å²) in [5, 5.41) is 8.72. The normalized spacial score (nSPS) is 30.4. The highest BCUT2D eigenvalue weighted by Gasteiger charge is 2.48. The van der Waals surface area contributed by atoms with Gasteiger partial charge in [0.25, 0.3) is 0 Å². The van der Waals surface area contributed by atoms with E-state index in [1.54, 1.807) is 0 Å². The number of nitrogens with two attached hydrogens (primary N) is 1. The molecule has 2 aliphatic rings. The maximum atomic E-state index is 12.2. The summed E-state index contributed by atoms with van der Waals surface area (Å²) in [6.07, 6.45) is 6.38. The maximum Gasteiger partial charge on any atom is 0.227 e. The van der Waals surface area contributed by atoms with Crippen molar-refractivity contribution in [3.63, 3.8) is 0 Å². The number of rotatable bonds is 10. The van der Waals surface area contributed by atoms with Crippen LogP contribution in [0.2, 0.25) is 0 Å². The highest BCUT2D eigenvalue weighted by atomic mass is 32.2. The quantitative estimate of drug-likeness (QED) is 0.256. The fraction of sp³-hybridized carbons (Fsp3) is 0.875. The molecule has 0 spiro atoms. The summed E-state index contributed by atoms with van der Waals surface area (Å²) in [4.78, 5) is 24.0. The van der Waals surface area contributed by atoms with E-state index in [-0.39, 0.29) is 36.9 Å². The minimum Gasteiger partial charge on any atom is -0.396 e. The van der Waals surface area contributed by atoms with E-state index in [1.807, 2.05) is 0 Å². The second-order valence-electron chi connectivity index (χ2n) is 6.53. The molecule has 0 aromatic rings. The molecule has 1 aliphatic carbocycles. The Morgan fingerprint density at radius 1 is 1.08 bits per heavy atom. The van der Waals surface area contributed by atoms with E-state index in [1.165, 1.54) is 12.1 Å². The van der Waals surface area contributed by atoms with Gasteiger partial charge in [-0.2, -0.15) is 0 Å². The number of carbonyl (C=O) groups is 2. The Balaban J connectivity index is 1.69. The molecule has 2 rings (SSSR count). The molecule has 1 saturated carbocycles. The number of Topliss-reactive ketones (excluding diaryl/α,β-unsaturated/α-hetero) is 2. The first-order chi connectivity index (χ1) is 11.6. The molecule has 0 aromatic heterocycles. The van der Waals surface area contributed by atoms with Crippen LogP contribution in [-0.4, -0.2) is 48.2 Å². The summed E-state index contributed by atoms with van der Waals surface area (Å²) >= 11 is 1.28. The average molecular weight is 359 g/mol. The Bertz CT molecular complexity index is 424. The summed E-state index contributed by atoms with van der Waals surface area (Å²) in [7, 11) is 0. The first-order valence-corrected chi connectivity index (χ1v) is 9.68. The smallest absolute Gasteiger partial charge is 0.227 e. The van der Waals surface area contributed by atoms with Crippen LogP contribution in [0.3, 0.4) is 0 Å². The van der Waals surface area contributed by atoms with Crippen molar-refractivity contribution >= 4 is 23.7 Å². The van der Waals surface area contributed by atoms with Gasteiger partial charge in [0, 0.05) is 43.7 Å². The molecule has 0 amide bonds. The van der Waals surface area contributed by atoms with Crippen molar-refractivity contribution in [1.29, 1.82) is 0 Å². The second-order valence-corrected chi connectivity index (χ2v) is 7.20. The van der Waals surface area contributed by atoms with E-state index in [9.17, 15) is 9.59 Å². The summed E-state index contributed by atoms with van der Waals surface area (Å²) < 4.78 is 11.9. The molecule has 138 valence electrons. The molecule has 2 fully saturated rings. The third-order valence-corrected chi connectivity index (χ3v) is 5.48. The van der Waals surface area contributed by atoms with Crippen LogP contribution in [0, 0.1) is 5.92 Å². The molecule has 1 saturated heterocycles. The van der Waals surface area contributed by atoms with Crippen molar-refractivity contribution in [1.82, 2.24) is 9.44 Å². The first-order valence-electron chi connectivity index (χ1n) is 8.87. The standard InChI is InChI=1S/C16H29N3O4S/c17-16-13-11(18-24-19-16)10-12(21)14(22)15(13)23-9-7-5-3-1-2-4-6-8-20/h11,13,15-16,18-20H,1-10,17H2. The molecule has 7 nitrogen and oxygen atoms in total. The van der Waals surface area contributed by atoms with Crippen molar-refractivity contribution in [2.24, 2.45) is 11.7 Å². The van der Waals surface area contributed by atoms with Gasteiger partial charge in [-0.3, -0.25) is 9.59 Å². The van der Waals surface area contributed by atoms with Crippen molar-refractivity contribution in [2.45, 2.75) is 69.7 Å². The predicted octanol–water partition coefficient (Wildman–Crippen LogP) is 0.662. The highest BCUT2D eigenvalue weighted by molar-refractivity contribution is 7.95. The van der Waals surface area contributed by atoms with Gasteiger partial charge in [-0.1, -0.05) is 32.1 Å². The molecule has 1 aliphatic heterocycles. The van der Waals surface area contributed by atoms with Gasteiger partial charge in [-0.05, 0) is 12.8 Å². The van der Waals surface area contributed by atoms with E-state index >= 15 is 0 Å². The van der Waals surface area contributed by atoms with Crippen molar-refractivity contribution in [2.75, 3.05) is 13.2 Å². The van der Waals surface area contributed by atoms with E-state index in [2.05, 4.69) is 9.44 Å². The lowest BCUT2D eigenvalue weighted by Crippen LogP contribution is -2.65. The summed E-state index contributed by atoms with van der Waals surface area (Å²) in [5.41, 5.74) is 6.06. The molecule has 4 atom stereocenters. The molecule has 0 bridgehead atoms. The minimum atomic E-state index is -0.739. The van der Waals surface area contributed by atoms with Crippen LogP contribution >= 0.6 is 12.1 Å². The molecule has 8 heteroatoms. The number of unbranched alkanes of at least 4 members (excludes halogenated alkanes) is 6. The van der Waals surface area contributed by atoms with Crippen molar-refractivity contribution in [3.8, 4) is 0 Å². The van der Waals surface area contributed by atoms with Crippen LogP contribution in [0.1, 0.15) is 51.4 Å². The van der Waals surface area contributed by atoms with E-state index in [0.717, 1.165) is 44.9 Å². The number of nitrogens with one attached hydrogen (secondary N) is 2. The monoisotopic (exact) mass is 359 g/mol. The van der Waals surface area contributed by atoms with E-state index in [4.69, 9.17) is 15.6 Å². The van der Waals surface area contributed by atoms with Gasteiger partial charge in [0.05, 0.1) is 6.17 Å².